The zero-order valence-electron chi connectivity index (χ0n) is 13.8. The van der Waals surface area contributed by atoms with Gasteiger partial charge in [-0.15, -0.1) is 0 Å². The Labute approximate surface area is 156 Å². The van der Waals surface area contributed by atoms with E-state index in [1.165, 1.54) is 0 Å². The van der Waals surface area contributed by atoms with E-state index < -0.39 is 0 Å². The molecule has 0 spiro atoms. The average Bonchev–Trinajstić information content (AvgIpc) is 2.66. The van der Waals surface area contributed by atoms with Crippen LogP contribution in [-0.4, -0.2) is 11.9 Å². The first-order valence-electron chi connectivity index (χ1n) is 8.02. The largest absolute Gasteiger partial charge is 0.426 e. The number of hydrogen-bond donors (Lipinski definition) is 1. The maximum absolute atomic E-state index is 12.1. The van der Waals surface area contributed by atoms with Crippen LogP contribution in [0.1, 0.15) is 15.9 Å². The zero-order chi connectivity index (χ0) is 18.4. The first-order valence-corrected chi connectivity index (χ1v) is 8.39. The molecule has 3 aromatic carbocycles. The summed E-state index contributed by atoms with van der Waals surface area (Å²) in [6.45, 7) is 0. The van der Waals surface area contributed by atoms with Crippen molar-refractivity contribution in [3.8, 4) is 5.75 Å². The Kier molecular flexibility index (Phi) is 5.66. The van der Waals surface area contributed by atoms with Crippen molar-refractivity contribution >= 4 is 29.2 Å². The second-order valence-electron chi connectivity index (χ2n) is 5.62. The Bertz CT molecular complexity index is 891. The van der Waals surface area contributed by atoms with Gasteiger partial charge in [0, 0.05) is 16.3 Å². The second kappa shape index (κ2) is 8.32. The summed E-state index contributed by atoms with van der Waals surface area (Å²) in [6, 6.07) is 22.6. The van der Waals surface area contributed by atoms with Crippen LogP contribution in [0, 0.1) is 0 Å². The standard InChI is InChI=1S/C21H16ClNO3/c22-17-8-6-15(7-9-17)14-20(24)26-19-12-10-18(11-13-19)23-21(25)16-4-2-1-3-5-16/h1-13H,14H2,(H,23,25). The summed E-state index contributed by atoms with van der Waals surface area (Å²) < 4.78 is 5.31. The van der Waals surface area contributed by atoms with Gasteiger partial charge in [0.05, 0.1) is 6.42 Å². The summed E-state index contributed by atoms with van der Waals surface area (Å²) in [5.41, 5.74) is 2.02. The fourth-order valence-corrected chi connectivity index (χ4v) is 2.46. The molecule has 5 heteroatoms. The highest BCUT2D eigenvalue weighted by molar-refractivity contribution is 6.30. The average molecular weight is 366 g/mol. The summed E-state index contributed by atoms with van der Waals surface area (Å²) in [7, 11) is 0. The highest BCUT2D eigenvalue weighted by Gasteiger charge is 2.08. The van der Waals surface area contributed by atoms with Gasteiger partial charge in [0.15, 0.2) is 0 Å². The minimum absolute atomic E-state index is 0.156. The van der Waals surface area contributed by atoms with E-state index in [2.05, 4.69) is 5.32 Å². The van der Waals surface area contributed by atoms with E-state index in [0.29, 0.717) is 22.0 Å². The summed E-state index contributed by atoms with van der Waals surface area (Å²) in [6.07, 6.45) is 0.156. The van der Waals surface area contributed by atoms with Gasteiger partial charge in [0.1, 0.15) is 5.75 Å². The third-order valence-corrected chi connectivity index (χ3v) is 3.89. The molecule has 0 aliphatic heterocycles. The van der Waals surface area contributed by atoms with Crippen LogP contribution in [0.5, 0.6) is 5.75 Å². The Balaban J connectivity index is 1.56. The van der Waals surface area contributed by atoms with E-state index in [1.807, 2.05) is 6.07 Å². The highest BCUT2D eigenvalue weighted by Crippen LogP contribution is 2.18. The molecule has 0 radical (unpaired) electrons. The molecule has 3 rings (SSSR count). The fraction of sp³-hybridized carbons (Fsp3) is 0.0476. The van der Waals surface area contributed by atoms with Crippen molar-refractivity contribution in [2.45, 2.75) is 6.42 Å². The first-order chi connectivity index (χ1) is 12.6. The molecule has 0 saturated heterocycles. The molecule has 130 valence electrons. The van der Waals surface area contributed by atoms with Crippen LogP contribution in [0.3, 0.4) is 0 Å². The number of halogens is 1. The highest BCUT2D eigenvalue weighted by atomic mass is 35.5. The molecular formula is C21H16ClNO3. The molecule has 4 nitrogen and oxygen atoms in total. The van der Waals surface area contributed by atoms with Crippen LogP contribution in [0.2, 0.25) is 5.02 Å². The van der Waals surface area contributed by atoms with Gasteiger partial charge in [0.2, 0.25) is 0 Å². The lowest BCUT2D eigenvalue weighted by Crippen LogP contribution is -2.12. The minimum Gasteiger partial charge on any atom is -0.426 e. The smallest absolute Gasteiger partial charge is 0.315 e. The number of carbonyl (C=O) groups is 2. The molecular weight excluding hydrogens is 350 g/mol. The molecule has 0 aromatic heterocycles. The molecule has 1 N–H and O–H groups in total. The number of carbonyl (C=O) groups excluding carboxylic acids is 2. The van der Waals surface area contributed by atoms with E-state index in [9.17, 15) is 9.59 Å². The Hall–Kier alpha value is -3.11. The Morgan fingerprint density at radius 1 is 0.846 bits per heavy atom. The van der Waals surface area contributed by atoms with E-state index in [0.717, 1.165) is 5.56 Å². The molecule has 1 amide bonds. The summed E-state index contributed by atoms with van der Waals surface area (Å²) in [5.74, 6) is -0.145. The van der Waals surface area contributed by atoms with Crippen molar-refractivity contribution < 1.29 is 14.3 Å². The van der Waals surface area contributed by atoms with Crippen LogP contribution >= 0.6 is 11.6 Å². The van der Waals surface area contributed by atoms with Gasteiger partial charge in [0.25, 0.3) is 5.91 Å². The lowest BCUT2D eigenvalue weighted by Gasteiger charge is -2.08. The predicted octanol–water partition coefficient (Wildman–Crippen LogP) is 4.74. The number of esters is 1. The van der Waals surface area contributed by atoms with Gasteiger partial charge in [-0.2, -0.15) is 0 Å². The van der Waals surface area contributed by atoms with Crippen molar-refractivity contribution in [3.63, 3.8) is 0 Å². The van der Waals surface area contributed by atoms with E-state index >= 15 is 0 Å². The molecule has 0 unspecified atom stereocenters. The zero-order valence-corrected chi connectivity index (χ0v) is 14.6. The van der Waals surface area contributed by atoms with Gasteiger partial charge >= 0.3 is 5.97 Å². The molecule has 0 atom stereocenters. The number of benzene rings is 3. The number of hydrogen-bond acceptors (Lipinski definition) is 3. The quantitative estimate of drug-likeness (QED) is 0.524. The Morgan fingerprint density at radius 3 is 2.15 bits per heavy atom. The number of amides is 1. The topological polar surface area (TPSA) is 55.4 Å². The maximum Gasteiger partial charge on any atom is 0.315 e. The summed E-state index contributed by atoms with van der Waals surface area (Å²) in [4.78, 5) is 24.1. The molecule has 0 bridgehead atoms. The third kappa shape index (κ3) is 4.94. The van der Waals surface area contributed by atoms with Crippen LogP contribution in [0.25, 0.3) is 0 Å². The van der Waals surface area contributed by atoms with E-state index in [1.54, 1.807) is 72.8 Å². The number of anilines is 1. The lowest BCUT2D eigenvalue weighted by molar-refractivity contribution is -0.133. The molecule has 0 saturated carbocycles. The van der Waals surface area contributed by atoms with Crippen LogP contribution in [0.15, 0.2) is 78.9 Å². The molecule has 3 aromatic rings. The van der Waals surface area contributed by atoms with Crippen molar-refractivity contribution in [3.05, 3.63) is 95.0 Å². The number of rotatable bonds is 5. The summed E-state index contributed by atoms with van der Waals surface area (Å²) >= 11 is 5.82. The molecule has 26 heavy (non-hydrogen) atoms. The van der Waals surface area contributed by atoms with Gasteiger partial charge in [-0.25, -0.2) is 0 Å². The molecule has 0 heterocycles. The predicted molar refractivity (Wildman–Crippen MR) is 102 cm³/mol. The van der Waals surface area contributed by atoms with Crippen molar-refractivity contribution in [1.82, 2.24) is 0 Å². The lowest BCUT2D eigenvalue weighted by atomic mass is 10.1. The first kappa shape index (κ1) is 17.7. The van der Waals surface area contributed by atoms with Crippen molar-refractivity contribution in [2.75, 3.05) is 5.32 Å². The number of ether oxygens (including phenoxy) is 1. The van der Waals surface area contributed by atoms with Gasteiger partial charge in [-0.05, 0) is 54.1 Å². The number of nitrogens with one attached hydrogen (secondary N) is 1. The van der Waals surface area contributed by atoms with Gasteiger partial charge in [-0.1, -0.05) is 41.9 Å². The fourth-order valence-electron chi connectivity index (χ4n) is 2.34. The van der Waals surface area contributed by atoms with Gasteiger partial charge < -0.3 is 10.1 Å². The second-order valence-corrected chi connectivity index (χ2v) is 6.06. The van der Waals surface area contributed by atoms with E-state index in [4.69, 9.17) is 16.3 Å². The summed E-state index contributed by atoms with van der Waals surface area (Å²) in [5, 5.41) is 3.41. The SMILES string of the molecule is O=C(Cc1ccc(Cl)cc1)Oc1ccc(NC(=O)c2ccccc2)cc1. The van der Waals surface area contributed by atoms with Crippen LogP contribution in [-0.2, 0) is 11.2 Å². The monoisotopic (exact) mass is 365 g/mol. The van der Waals surface area contributed by atoms with Crippen molar-refractivity contribution in [1.29, 1.82) is 0 Å². The van der Waals surface area contributed by atoms with Crippen molar-refractivity contribution in [2.24, 2.45) is 0 Å². The van der Waals surface area contributed by atoms with Gasteiger partial charge in [-0.3, -0.25) is 9.59 Å². The van der Waals surface area contributed by atoms with Crippen LogP contribution in [0.4, 0.5) is 5.69 Å². The molecule has 0 fully saturated rings. The minimum atomic E-state index is -0.367. The third-order valence-electron chi connectivity index (χ3n) is 3.64. The molecule has 0 aliphatic rings. The maximum atomic E-state index is 12.1. The van der Waals surface area contributed by atoms with Crippen LogP contribution < -0.4 is 10.1 Å². The normalized spacial score (nSPS) is 10.2. The molecule has 0 aliphatic carbocycles. The Morgan fingerprint density at radius 2 is 1.50 bits per heavy atom. The van der Waals surface area contributed by atoms with E-state index in [-0.39, 0.29) is 18.3 Å².